The summed E-state index contributed by atoms with van der Waals surface area (Å²) in [7, 11) is 0. The van der Waals surface area contributed by atoms with E-state index in [2.05, 4.69) is 5.32 Å². The highest BCUT2D eigenvalue weighted by Gasteiger charge is 2.37. The lowest BCUT2D eigenvalue weighted by atomic mass is 9.81. The summed E-state index contributed by atoms with van der Waals surface area (Å²) in [6, 6.07) is 18.5. The summed E-state index contributed by atoms with van der Waals surface area (Å²) in [4.78, 5) is 40.6. The van der Waals surface area contributed by atoms with E-state index in [0.717, 1.165) is 16.7 Å². The molecule has 0 bridgehead atoms. The fraction of sp³-hybridized carbons (Fsp3) is 0.276. The second kappa shape index (κ2) is 11.1. The summed E-state index contributed by atoms with van der Waals surface area (Å²) < 4.78 is 10.7. The molecular formula is C29H30N2O5. The van der Waals surface area contributed by atoms with Crippen LogP contribution < -0.4 is 5.32 Å². The molecule has 0 saturated heterocycles. The fourth-order valence-electron chi connectivity index (χ4n) is 4.60. The Morgan fingerprint density at radius 3 is 2.61 bits per heavy atom. The van der Waals surface area contributed by atoms with E-state index < -0.39 is 5.97 Å². The molecule has 0 spiro atoms. The number of furan rings is 1. The Kier molecular flexibility index (Phi) is 7.68. The molecule has 3 aromatic rings. The number of carbonyl (C=O) groups excluding carboxylic acids is 3. The first-order valence-corrected chi connectivity index (χ1v) is 12.0. The van der Waals surface area contributed by atoms with E-state index in [1.54, 1.807) is 55.3 Å². The third-order valence-corrected chi connectivity index (χ3v) is 6.42. The average Bonchev–Trinajstić information content (AvgIpc) is 3.39. The maximum absolute atomic E-state index is 13.3. The van der Waals surface area contributed by atoms with Gasteiger partial charge in [-0.2, -0.15) is 0 Å². The predicted octanol–water partition coefficient (Wildman–Crippen LogP) is 4.87. The number of ether oxygens (including phenoxy) is 1. The Balaban J connectivity index is 1.60. The summed E-state index contributed by atoms with van der Waals surface area (Å²) in [5.74, 6) is -0.438. The molecule has 1 aliphatic heterocycles. The van der Waals surface area contributed by atoms with Gasteiger partial charge in [-0.25, -0.2) is 4.79 Å². The Labute approximate surface area is 210 Å². The number of rotatable bonds is 8. The van der Waals surface area contributed by atoms with Gasteiger partial charge in [0.25, 0.3) is 5.91 Å². The quantitative estimate of drug-likeness (QED) is 0.459. The van der Waals surface area contributed by atoms with Gasteiger partial charge in [-0.05, 0) is 61.7 Å². The highest BCUT2D eigenvalue weighted by atomic mass is 16.5. The first-order chi connectivity index (χ1) is 17.4. The number of carbonyl (C=O) groups is 3. The summed E-state index contributed by atoms with van der Waals surface area (Å²) >= 11 is 0. The normalized spacial score (nSPS) is 15.7. The smallest absolute Gasteiger partial charge is 0.336 e. The zero-order chi connectivity index (χ0) is 25.7. The molecule has 1 atom stereocenters. The van der Waals surface area contributed by atoms with Crippen LogP contribution in [-0.2, 0) is 27.4 Å². The number of esters is 1. The number of hydrogen-bond acceptors (Lipinski definition) is 5. The van der Waals surface area contributed by atoms with Gasteiger partial charge in [0, 0.05) is 23.6 Å². The molecule has 186 valence electrons. The van der Waals surface area contributed by atoms with Crippen molar-refractivity contribution in [1.29, 1.82) is 0 Å². The molecule has 1 N–H and O–H groups in total. The largest absolute Gasteiger partial charge is 0.467 e. The SMILES string of the molecule is CCOC(=O)C1=C(C)N(Cc2cccc(C(=O)NCc3ccco3)c2)C(=O)CC1c1ccccc1C. The van der Waals surface area contributed by atoms with Crippen molar-refractivity contribution in [3.05, 3.63) is 106 Å². The van der Waals surface area contributed by atoms with Crippen molar-refractivity contribution in [2.45, 2.75) is 46.2 Å². The molecule has 0 radical (unpaired) electrons. The lowest BCUT2D eigenvalue weighted by Crippen LogP contribution is -2.38. The van der Waals surface area contributed by atoms with Crippen molar-refractivity contribution in [3.8, 4) is 0 Å². The van der Waals surface area contributed by atoms with E-state index in [4.69, 9.17) is 9.15 Å². The van der Waals surface area contributed by atoms with Crippen LogP contribution in [-0.4, -0.2) is 29.3 Å². The van der Waals surface area contributed by atoms with Crippen molar-refractivity contribution in [3.63, 3.8) is 0 Å². The minimum absolute atomic E-state index is 0.0820. The van der Waals surface area contributed by atoms with Gasteiger partial charge in [-0.15, -0.1) is 0 Å². The molecule has 1 aromatic heterocycles. The van der Waals surface area contributed by atoms with Crippen LogP contribution in [0.25, 0.3) is 0 Å². The van der Waals surface area contributed by atoms with Crippen molar-refractivity contribution in [2.75, 3.05) is 6.61 Å². The Hall–Kier alpha value is -4.13. The van der Waals surface area contributed by atoms with Gasteiger partial charge in [0.05, 0.1) is 31.5 Å². The van der Waals surface area contributed by atoms with E-state index in [1.807, 2.05) is 37.3 Å². The number of nitrogens with one attached hydrogen (secondary N) is 1. The molecule has 1 unspecified atom stereocenters. The third kappa shape index (κ3) is 5.40. The lowest BCUT2D eigenvalue weighted by molar-refractivity contribution is -0.140. The van der Waals surface area contributed by atoms with E-state index in [9.17, 15) is 14.4 Å². The van der Waals surface area contributed by atoms with E-state index in [0.29, 0.717) is 22.6 Å². The molecule has 2 heterocycles. The minimum atomic E-state index is -0.410. The zero-order valence-corrected chi connectivity index (χ0v) is 20.7. The van der Waals surface area contributed by atoms with Crippen molar-refractivity contribution < 1.29 is 23.5 Å². The van der Waals surface area contributed by atoms with Gasteiger partial charge < -0.3 is 19.4 Å². The van der Waals surface area contributed by atoms with E-state index >= 15 is 0 Å². The van der Waals surface area contributed by atoms with Gasteiger partial charge in [-0.1, -0.05) is 36.4 Å². The van der Waals surface area contributed by atoms with Gasteiger partial charge in [0.15, 0.2) is 0 Å². The number of allylic oxidation sites excluding steroid dienone is 1. The number of aryl methyl sites for hydroxylation is 1. The molecule has 2 amide bonds. The molecule has 0 aliphatic carbocycles. The Morgan fingerprint density at radius 1 is 1.08 bits per heavy atom. The van der Waals surface area contributed by atoms with Gasteiger partial charge in [0.2, 0.25) is 5.91 Å². The molecule has 2 aromatic carbocycles. The molecule has 7 heteroatoms. The molecule has 1 aliphatic rings. The summed E-state index contributed by atoms with van der Waals surface area (Å²) in [6.07, 6.45) is 1.72. The van der Waals surface area contributed by atoms with Gasteiger partial charge in [-0.3, -0.25) is 9.59 Å². The molecule has 7 nitrogen and oxygen atoms in total. The molecule has 0 saturated carbocycles. The number of amides is 2. The second-order valence-corrected chi connectivity index (χ2v) is 8.78. The highest BCUT2D eigenvalue weighted by molar-refractivity contribution is 5.96. The first-order valence-electron chi connectivity index (χ1n) is 12.0. The maximum Gasteiger partial charge on any atom is 0.336 e. The Bertz CT molecular complexity index is 1290. The standard InChI is InChI=1S/C29H30N2O5/c1-4-35-29(34)27-20(3)31(26(32)16-25(27)24-13-6-5-9-19(24)2)18-21-10-7-11-22(15-21)28(33)30-17-23-12-8-14-36-23/h5-15,25H,4,16-18H2,1-3H3,(H,30,33). The lowest BCUT2D eigenvalue weighted by Gasteiger charge is -2.35. The number of benzene rings is 2. The average molecular weight is 487 g/mol. The van der Waals surface area contributed by atoms with Crippen LogP contribution in [0.5, 0.6) is 0 Å². The zero-order valence-electron chi connectivity index (χ0n) is 20.7. The van der Waals surface area contributed by atoms with Crippen LogP contribution >= 0.6 is 0 Å². The summed E-state index contributed by atoms with van der Waals surface area (Å²) in [5, 5.41) is 2.83. The number of nitrogens with zero attached hydrogens (tertiary/aromatic N) is 1. The van der Waals surface area contributed by atoms with Crippen LogP contribution in [0, 0.1) is 6.92 Å². The predicted molar refractivity (Wildman–Crippen MR) is 135 cm³/mol. The molecule has 36 heavy (non-hydrogen) atoms. The van der Waals surface area contributed by atoms with Gasteiger partial charge >= 0.3 is 5.97 Å². The van der Waals surface area contributed by atoms with Crippen LogP contribution in [0.1, 0.15) is 59.0 Å². The van der Waals surface area contributed by atoms with E-state index in [-0.39, 0.29) is 43.8 Å². The summed E-state index contributed by atoms with van der Waals surface area (Å²) in [6.45, 7) is 6.31. The fourth-order valence-corrected chi connectivity index (χ4v) is 4.60. The van der Waals surface area contributed by atoms with Crippen molar-refractivity contribution >= 4 is 17.8 Å². The van der Waals surface area contributed by atoms with Gasteiger partial charge in [0.1, 0.15) is 5.76 Å². The van der Waals surface area contributed by atoms with Crippen LogP contribution in [0.15, 0.2) is 82.6 Å². The molecular weight excluding hydrogens is 456 g/mol. The molecule has 4 rings (SSSR count). The Morgan fingerprint density at radius 2 is 1.89 bits per heavy atom. The first kappa shape index (κ1) is 25.0. The third-order valence-electron chi connectivity index (χ3n) is 6.42. The molecule has 0 fully saturated rings. The van der Waals surface area contributed by atoms with Crippen LogP contribution in [0.3, 0.4) is 0 Å². The minimum Gasteiger partial charge on any atom is -0.467 e. The van der Waals surface area contributed by atoms with Crippen molar-refractivity contribution in [1.82, 2.24) is 10.2 Å². The van der Waals surface area contributed by atoms with Crippen molar-refractivity contribution in [2.24, 2.45) is 0 Å². The maximum atomic E-state index is 13.3. The topological polar surface area (TPSA) is 88.8 Å². The van der Waals surface area contributed by atoms with Crippen LogP contribution in [0.2, 0.25) is 0 Å². The monoisotopic (exact) mass is 486 g/mol. The van der Waals surface area contributed by atoms with Crippen LogP contribution in [0.4, 0.5) is 0 Å². The van der Waals surface area contributed by atoms with E-state index in [1.165, 1.54) is 0 Å². The highest BCUT2D eigenvalue weighted by Crippen LogP contribution is 2.38. The number of hydrogen-bond donors (Lipinski definition) is 1. The second-order valence-electron chi connectivity index (χ2n) is 8.78. The summed E-state index contributed by atoms with van der Waals surface area (Å²) in [5.41, 5.74) is 4.30.